The van der Waals surface area contributed by atoms with Gasteiger partial charge in [-0.25, -0.2) is 9.78 Å². The Morgan fingerprint density at radius 1 is 1.50 bits per heavy atom. The summed E-state index contributed by atoms with van der Waals surface area (Å²) < 4.78 is 0. The van der Waals surface area contributed by atoms with Crippen LogP contribution in [0.1, 0.15) is 30.7 Å². The number of nitrogens with zero attached hydrogens (tertiary/aromatic N) is 1. The second-order valence-electron chi connectivity index (χ2n) is 3.52. The van der Waals surface area contributed by atoms with Crippen LogP contribution in [0.15, 0.2) is 16.8 Å². The molecular formula is C11H10N2O3S2. The van der Waals surface area contributed by atoms with E-state index < -0.39 is 5.97 Å². The average Bonchev–Trinajstić information content (AvgIpc) is 2.94. The van der Waals surface area contributed by atoms with E-state index in [-0.39, 0.29) is 17.3 Å². The minimum atomic E-state index is -0.986. The monoisotopic (exact) mass is 282 g/mol. The predicted octanol–water partition coefficient (Wildman–Crippen LogP) is 2.14. The van der Waals surface area contributed by atoms with Crippen molar-refractivity contribution >= 4 is 34.6 Å². The molecule has 0 aliphatic carbocycles. The van der Waals surface area contributed by atoms with Crippen molar-refractivity contribution in [1.82, 2.24) is 10.3 Å². The highest BCUT2D eigenvalue weighted by atomic mass is 32.1. The summed E-state index contributed by atoms with van der Waals surface area (Å²) in [7, 11) is 0. The molecule has 2 rings (SSSR count). The molecule has 0 fully saturated rings. The maximum atomic E-state index is 11.7. The van der Waals surface area contributed by atoms with Gasteiger partial charge in [-0.15, -0.1) is 11.3 Å². The van der Waals surface area contributed by atoms with Crippen molar-refractivity contribution in [1.29, 1.82) is 0 Å². The Morgan fingerprint density at radius 3 is 2.83 bits per heavy atom. The summed E-state index contributed by atoms with van der Waals surface area (Å²) in [5, 5.41) is 15.8. The summed E-state index contributed by atoms with van der Waals surface area (Å²) in [6.45, 7) is 1.89. The Balaban J connectivity index is 2.01. The van der Waals surface area contributed by atoms with Crippen LogP contribution in [0.4, 0.5) is 0 Å². The molecule has 0 bridgehead atoms. The predicted molar refractivity (Wildman–Crippen MR) is 69.3 cm³/mol. The number of carboxylic acids is 1. The maximum absolute atomic E-state index is 11.7. The first-order valence-corrected chi connectivity index (χ1v) is 6.84. The van der Waals surface area contributed by atoms with Crippen LogP contribution in [0, 0.1) is 6.92 Å². The number of nitrogens with one attached hydrogen (secondary N) is 1. The first-order chi connectivity index (χ1) is 8.58. The molecule has 94 valence electrons. The quantitative estimate of drug-likeness (QED) is 0.900. The second kappa shape index (κ2) is 5.28. The first kappa shape index (κ1) is 12.7. The van der Waals surface area contributed by atoms with Gasteiger partial charge >= 0.3 is 5.97 Å². The van der Waals surface area contributed by atoms with Crippen molar-refractivity contribution in [3.05, 3.63) is 38.0 Å². The van der Waals surface area contributed by atoms with Crippen LogP contribution in [-0.2, 0) is 6.54 Å². The number of thiophene rings is 1. The number of aromatic nitrogens is 1. The summed E-state index contributed by atoms with van der Waals surface area (Å²) in [4.78, 5) is 26.8. The summed E-state index contributed by atoms with van der Waals surface area (Å²) in [5.74, 6) is -1.17. The molecule has 0 atom stereocenters. The lowest BCUT2D eigenvalue weighted by atomic mass is 10.3. The third-order valence-electron chi connectivity index (χ3n) is 2.22. The molecule has 0 saturated carbocycles. The number of hydrogen-bond donors (Lipinski definition) is 2. The van der Waals surface area contributed by atoms with Crippen LogP contribution in [0.2, 0.25) is 0 Å². The Hall–Kier alpha value is -1.73. The molecule has 2 aromatic rings. The Morgan fingerprint density at radius 2 is 2.28 bits per heavy atom. The number of thiazole rings is 1. The maximum Gasteiger partial charge on any atom is 0.347 e. The van der Waals surface area contributed by atoms with E-state index >= 15 is 0 Å². The van der Waals surface area contributed by atoms with Gasteiger partial charge in [0.1, 0.15) is 9.88 Å². The van der Waals surface area contributed by atoms with Gasteiger partial charge in [-0.3, -0.25) is 4.79 Å². The molecule has 2 aromatic heterocycles. The van der Waals surface area contributed by atoms with E-state index in [0.29, 0.717) is 16.3 Å². The summed E-state index contributed by atoms with van der Waals surface area (Å²) >= 11 is 2.53. The fourth-order valence-corrected chi connectivity index (χ4v) is 2.86. The highest BCUT2D eigenvalue weighted by molar-refractivity contribution is 7.13. The fourth-order valence-electron chi connectivity index (χ4n) is 1.38. The lowest BCUT2D eigenvalue weighted by Gasteiger charge is -1.99. The van der Waals surface area contributed by atoms with Crippen molar-refractivity contribution in [2.24, 2.45) is 0 Å². The van der Waals surface area contributed by atoms with Gasteiger partial charge in [0.15, 0.2) is 0 Å². The van der Waals surface area contributed by atoms with E-state index in [1.54, 1.807) is 18.4 Å². The highest BCUT2D eigenvalue weighted by Crippen LogP contribution is 2.17. The van der Waals surface area contributed by atoms with Gasteiger partial charge in [-0.2, -0.15) is 11.3 Å². The molecule has 0 spiro atoms. The zero-order valence-electron chi connectivity index (χ0n) is 9.47. The number of carbonyl (C=O) groups excluding carboxylic acids is 1. The average molecular weight is 282 g/mol. The first-order valence-electron chi connectivity index (χ1n) is 5.08. The third-order valence-corrected chi connectivity index (χ3v) is 4.05. The van der Waals surface area contributed by atoms with Gasteiger partial charge in [0.25, 0.3) is 5.91 Å². The number of rotatable bonds is 4. The molecule has 2 N–H and O–H groups in total. The van der Waals surface area contributed by atoms with Crippen LogP contribution in [0.25, 0.3) is 0 Å². The standard InChI is InChI=1S/C11H10N2O3S2/c1-6-9(11(15)16)18-8(13-6)4-12-10(14)7-2-3-17-5-7/h2-3,5H,4H2,1H3,(H,12,14)(H,15,16). The summed E-state index contributed by atoms with van der Waals surface area (Å²) in [5.41, 5.74) is 1.08. The Bertz CT molecular complexity index is 575. The minimum absolute atomic E-state index is 0.180. The molecule has 5 nitrogen and oxygen atoms in total. The molecule has 0 radical (unpaired) electrons. The SMILES string of the molecule is Cc1nc(CNC(=O)c2ccsc2)sc1C(=O)O. The van der Waals surface area contributed by atoms with Gasteiger partial charge < -0.3 is 10.4 Å². The van der Waals surface area contributed by atoms with Crippen molar-refractivity contribution in [3.63, 3.8) is 0 Å². The second-order valence-corrected chi connectivity index (χ2v) is 5.39. The van der Waals surface area contributed by atoms with E-state index in [9.17, 15) is 9.59 Å². The van der Waals surface area contributed by atoms with Gasteiger partial charge in [-0.05, 0) is 18.4 Å². The van der Waals surface area contributed by atoms with E-state index in [4.69, 9.17) is 5.11 Å². The zero-order chi connectivity index (χ0) is 13.1. The topological polar surface area (TPSA) is 79.3 Å². The van der Waals surface area contributed by atoms with Crippen LogP contribution in [-0.4, -0.2) is 22.0 Å². The normalized spacial score (nSPS) is 10.3. The molecule has 0 aliphatic heterocycles. The number of carbonyl (C=O) groups is 2. The summed E-state index contributed by atoms with van der Waals surface area (Å²) in [6, 6.07) is 1.73. The van der Waals surface area contributed by atoms with E-state index in [0.717, 1.165) is 11.3 Å². The lowest BCUT2D eigenvalue weighted by Crippen LogP contribution is -2.22. The van der Waals surface area contributed by atoms with Crippen molar-refractivity contribution < 1.29 is 14.7 Å². The van der Waals surface area contributed by atoms with Crippen LogP contribution in [0.3, 0.4) is 0 Å². The highest BCUT2D eigenvalue weighted by Gasteiger charge is 2.14. The number of hydrogen-bond acceptors (Lipinski definition) is 5. The van der Waals surface area contributed by atoms with E-state index in [1.807, 2.05) is 5.38 Å². The number of aromatic carboxylic acids is 1. The van der Waals surface area contributed by atoms with Crippen molar-refractivity contribution in [2.45, 2.75) is 13.5 Å². The Labute approximate surface area is 111 Å². The van der Waals surface area contributed by atoms with E-state index in [2.05, 4.69) is 10.3 Å². The smallest absolute Gasteiger partial charge is 0.347 e. The van der Waals surface area contributed by atoms with Gasteiger partial charge in [0.2, 0.25) is 0 Å². The number of aryl methyl sites for hydroxylation is 1. The molecule has 2 heterocycles. The number of amides is 1. The molecule has 18 heavy (non-hydrogen) atoms. The Kier molecular flexibility index (Phi) is 3.73. The third kappa shape index (κ3) is 2.74. The largest absolute Gasteiger partial charge is 0.477 e. The molecule has 1 amide bonds. The lowest BCUT2D eigenvalue weighted by molar-refractivity contribution is 0.0701. The molecule has 7 heteroatoms. The molecule has 0 saturated heterocycles. The molecular weight excluding hydrogens is 272 g/mol. The van der Waals surface area contributed by atoms with Crippen LogP contribution in [0.5, 0.6) is 0 Å². The van der Waals surface area contributed by atoms with Crippen molar-refractivity contribution in [2.75, 3.05) is 0 Å². The van der Waals surface area contributed by atoms with Crippen LogP contribution < -0.4 is 5.32 Å². The fraction of sp³-hybridized carbons (Fsp3) is 0.182. The molecule has 0 aromatic carbocycles. The van der Waals surface area contributed by atoms with Gasteiger partial charge in [-0.1, -0.05) is 0 Å². The van der Waals surface area contributed by atoms with E-state index in [1.165, 1.54) is 11.3 Å². The van der Waals surface area contributed by atoms with Crippen molar-refractivity contribution in [3.8, 4) is 0 Å². The molecule has 0 aliphatic rings. The molecule has 0 unspecified atom stereocenters. The van der Waals surface area contributed by atoms with Crippen LogP contribution >= 0.6 is 22.7 Å². The van der Waals surface area contributed by atoms with Gasteiger partial charge in [0.05, 0.1) is 12.2 Å². The number of carboxylic acid groups (broad SMARTS) is 1. The minimum Gasteiger partial charge on any atom is -0.477 e. The zero-order valence-corrected chi connectivity index (χ0v) is 11.1. The summed E-state index contributed by atoms with van der Waals surface area (Å²) in [6.07, 6.45) is 0. The van der Waals surface area contributed by atoms with Gasteiger partial charge in [0, 0.05) is 10.9 Å².